The van der Waals surface area contributed by atoms with E-state index in [9.17, 15) is 14.4 Å². The predicted octanol–water partition coefficient (Wildman–Crippen LogP) is 2.17. The summed E-state index contributed by atoms with van der Waals surface area (Å²) in [6.45, 7) is -0.679. The van der Waals surface area contributed by atoms with E-state index in [1.54, 1.807) is 24.3 Å². The molecule has 0 unspecified atom stereocenters. The number of carboxylic acids is 1. The van der Waals surface area contributed by atoms with Gasteiger partial charge in [-0.1, -0.05) is 23.7 Å². The van der Waals surface area contributed by atoms with Crippen LogP contribution in [0.2, 0.25) is 5.02 Å². The molecule has 0 aliphatic carbocycles. The van der Waals surface area contributed by atoms with Gasteiger partial charge in [-0.2, -0.15) is 0 Å². The first-order chi connectivity index (χ1) is 12.0. The van der Waals surface area contributed by atoms with E-state index in [2.05, 4.69) is 10.6 Å². The minimum Gasteiger partial charge on any atom is -0.482 e. The van der Waals surface area contributed by atoms with Crippen molar-refractivity contribution in [2.75, 3.05) is 18.5 Å². The number of carbonyl (C=O) groups is 3. The Balaban J connectivity index is 1.86. The van der Waals surface area contributed by atoms with E-state index < -0.39 is 18.4 Å². The fourth-order valence-corrected chi connectivity index (χ4v) is 2.06. The van der Waals surface area contributed by atoms with Crippen LogP contribution in [0.25, 0.3) is 0 Å². The number of para-hydroxylation sites is 1. The van der Waals surface area contributed by atoms with Gasteiger partial charge < -0.3 is 20.5 Å². The van der Waals surface area contributed by atoms with Gasteiger partial charge in [-0.15, -0.1) is 0 Å². The largest absolute Gasteiger partial charge is 0.482 e. The van der Waals surface area contributed by atoms with E-state index in [1.165, 1.54) is 24.3 Å². The summed E-state index contributed by atoms with van der Waals surface area (Å²) in [6.07, 6.45) is 0. The maximum atomic E-state index is 11.9. The minimum atomic E-state index is -1.13. The van der Waals surface area contributed by atoms with Crippen LogP contribution in [-0.2, 0) is 9.59 Å². The highest BCUT2D eigenvalue weighted by molar-refractivity contribution is 6.32. The number of carbonyl (C=O) groups excluding carboxylic acids is 2. The number of amides is 2. The van der Waals surface area contributed by atoms with Crippen molar-refractivity contribution in [2.45, 2.75) is 0 Å². The lowest BCUT2D eigenvalue weighted by Crippen LogP contribution is -2.29. The average Bonchev–Trinajstić information content (AvgIpc) is 2.59. The van der Waals surface area contributed by atoms with Gasteiger partial charge >= 0.3 is 5.97 Å². The maximum absolute atomic E-state index is 11.9. The van der Waals surface area contributed by atoms with Gasteiger partial charge in [-0.3, -0.25) is 14.4 Å². The minimum absolute atomic E-state index is 0.218. The zero-order valence-corrected chi connectivity index (χ0v) is 13.7. The maximum Gasteiger partial charge on any atom is 0.322 e. The van der Waals surface area contributed by atoms with Crippen molar-refractivity contribution in [1.29, 1.82) is 0 Å². The lowest BCUT2D eigenvalue weighted by atomic mass is 10.2. The Morgan fingerprint density at radius 3 is 2.36 bits per heavy atom. The standard InChI is InChI=1S/C17H15ClN2O5/c18-13-3-1-2-4-14(13)25-10-15(21)20-12-7-5-11(6-8-12)17(24)19-9-16(22)23/h1-8H,9-10H2,(H,19,24)(H,20,21)(H,22,23). The third kappa shape index (κ3) is 5.82. The molecule has 0 aliphatic heterocycles. The number of carboxylic acid groups (broad SMARTS) is 1. The summed E-state index contributed by atoms with van der Waals surface area (Å²) in [4.78, 5) is 34.0. The van der Waals surface area contributed by atoms with E-state index in [0.29, 0.717) is 16.5 Å². The van der Waals surface area contributed by atoms with Crippen LogP contribution >= 0.6 is 11.6 Å². The van der Waals surface area contributed by atoms with Crippen molar-refractivity contribution in [3.05, 3.63) is 59.1 Å². The van der Waals surface area contributed by atoms with Gasteiger partial charge in [-0.05, 0) is 36.4 Å². The van der Waals surface area contributed by atoms with Crippen LogP contribution in [0.3, 0.4) is 0 Å². The fraction of sp³-hybridized carbons (Fsp3) is 0.118. The van der Waals surface area contributed by atoms with Crippen molar-refractivity contribution in [3.8, 4) is 5.75 Å². The lowest BCUT2D eigenvalue weighted by Gasteiger charge is -2.09. The number of nitrogens with one attached hydrogen (secondary N) is 2. The van der Waals surface area contributed by atoms with E-state index in [4.69, 9.17) is 21.4 Å². The van der Waals surface area contributed by atoms with E-state index in [-0.39, 0.29) is 18.1 Å². The molecule has 0 radical (unpaired) electrons. The van der Waals surface area contributed by atoms with Crippen LogP contribution in [0.5, 0.6) is 5.75 Å². The molecule has 130 valence electrons. The molecule has 8 heteroatoms. The molecule has 0 saturated heterocycles. The first kappa shape index (κ1) is 18.3. The molecular formula is C17H15ClN2O5. The molecule has 0 heterocycles. The summed E-state index contributed by atoms with van der Waals surface area (Å²) in [7, 11) is 0. The molecule has 0 aromatic heterocycles. The molecular weight excluding hydrogens is 348 g/mol. The first-order valence-corrected chi connectivity index (χ1v) is 7.61. The highest BCUT2D eigenvalue weighted by atomic mass is 35.5. The number of hydrogen-bond donors (Lipinski definition) is 3. The van der Waals surface area contributed by atoms with Gasteiger partial charge in [0.2, 0.25) is 0 Å². The molecule has 2 aromatic rings. The Hall–Kier alpha value is -3.06. The molecule has 0 aliphatic rings. The highest BCUT2D eigenvalue weighted by Crippen LogP contribution is 2.22. The fourth-order valence-electron chi connectivity index (χ4n) is 1.87. The Bertz CT molecular complexity index is 777. The Kier molecular flexibility index (Phi) is 6.36. The monoisotopic (exact) mass is 362 g/mol. The van der Waals surface area contributed by atoms with E-state index in [1.807, 2.05) is 0 Å². The molecule has 0 fully saturated rings. The molecule has 2 rings (SSSR count). The third-order valence-electron chi connectivity index (χ3n) is 3.03. The van der Waals surface area contributed by atoms with Crippen LogP contribution < -0.4 is 15.4 Å². The molecule has 3 N–H and O–H groups in total. The molecule has 2 amide bonds. The number of anilines is 1. The second kappa shape index (κ2) is 8.70. The van der Waals surface area contributed by atoms with Crippen LogP contribution in [0.15, 0.2) is 48.5 Å². The molecule has 2 aromatic carbocycles. The number of halogens is 1. The SMILES string of the molecule is O=C(O)CNC(=O)c1ccc(NC(=O)COc2ccccc2Cl)cc1. The summed E-state index contributed by atoms with van der Waals surface area (Å²) < 4.78 is 5.32. The Morgan fingerprint density at radius 1 is 1.04 bits per heavy atom. The summed E-state index contributed by atoms with van der Waals surface area (Å²) in [5, 5.41) is 13.8. The van der Waals surface area contributed by atoms with Gasteiger partial charge in [-0.25, -0.2) is 0 Å². The van der Waals surface area contributed by atoms with Crippen LogP contribution in [0.4, 0.5) is 5.69 Å². The van der Waals surface area contributed by atoms with Gasteiger partial charge in [0.15, 0.2) is 6.61 Å². The highest BCUT2D eigenvalue weighted by Gasteiger charge is 2.09. The van der Waals surface area contributed by atoms with Crippen molar-refractivity contribution < 1.29 is 24.2 Å². The summed E-state index contributed by atoms with van der Waals surface area (Å²) in [6, 6.07) is 12.8. The summed E-state index contributed by atoms with van der Waals surface area (Å²) in [5.41, 5.74) is 0.758. The molecule has 7 nitrogen and oxygen atoms in total. The van der Waals surface area contributed by atoms with Gasteiger partial charge in [0.05, 0.1) is 5.02 Å². The van der Waals surface area contributed by atoms with Crippen LogP contribution in [0, 0.1) is 0 Å². The van der Waals surface area contributed by atoms with Crippen LogP contribution in [-0.4, -0.2) is 36.0 Å². The molecule has 0 bridgehead atoms. The number of aliphatic carboxylic acids is 1. The van der Waals surface area contributed by atoms with Crippen LogP contribution in [0.1, 0.15) is 10.4 Å². The number of rotatable bonds is 7. The molecule has 0 saturated carbocycles. The zero-order valence-electron chi connectivity index (χ0n) is 13.0. The number of benzene rings is 2. The summed E-state index contributed by atoms with van der Waals surface area (Å²) in [5.74, 6) is -1.62. The molecule has 25 heavy (non-hydrogen) atoms. The third-order valence-corrected chi connectivity index (χ3v) is 3.34. The number of hydrogen-bond acceptors (Lipinski definition) is 4. The second-order valence-corrected chi connectivity index (χ2v) is 5.33. The lowest BCUT2D eigenvalue weighted by molar-refractivity contribution is -0.135. The average molecular weight is 363 g/mol. The first-order valence-electron chi connectivity index (χ1n) is 7.23. The topological polar surface area (TPSA) is 105 Å². The van der Waals surface area contributed by atoms with Crippen molar-refractivity contribution in [1.82, 2.24) is 5.32 Å². The van der Waals surface area contributed by atoms with Gasteiger partial charge in [0.25, 0.3) is 11.8 Å². The van der Waals surface area contributed by atoms with Gasteiger partial charge in [0, 0.05) is 11.3 Å². The quantitative estimate of drug-likeness (QED) is 0.700. The smallest absolute Gasteiger partial charge is 0.322 e. The van der Waals surface area contributed by atoms with Crippen molar-refractivity contribution in [2.24, 2.45) is 0 Å². The Morgan fingerprint density at radius 2 is 1.72 bits per heavy atom. The molecule has 0 spiro atoms. The predicted molar refractivity (Wildman–Crippen MR) is 92.0 cm³/mol. The zero-order chi connectivity index (χ0) is 18.2. The van der Waals surface area contributed by atoms with E-state index in [0.717, 1.165) is 0 Å². The Labute approximate surface area is 148 Å². The van der Waals surface area contributed by atoms with Crippen molar-refractivity contribution >= 4 is 35.1 Å². The second-order valence-electron chi connectivity index (χ2n) is 4.92. The molecule has 0 atom stereocenters. The van der Waals surface area contributed by atoms with Crippen molar-refractivity contribution in [3.63, 3.8) is 0 Å². The van der Waals surface area contributed by atoms with E-state index >= 15 is 0 Å². The normalized spacial score (nSPS) is 9.96. The van der Waals surface area contributed by atoms with Gasteiger partial charge in [0.1, 0.15) is 12.3 Å². The number of ether oxygens (including phenoxy) is 1. The summed E-state index contributed by atoms with van der Waals surface area (Å²) >= 11 is 5.93.